The van der Waals surface area contributed by atoms with Gasteiger partial charge in [0.1, 0.15) is 5.56 Å². The zero-order valence-corrected chi connectivity index (χ0v) is 15.2. The highest BCUT2D eigenvalue weighted by atomic mass is 19.2. The Labute approximate surface area is 159 Å². The van der Waals surface area contributed by atoms with Crippen LogP contribution in [0.4, 0.5) is 14.5 Å². The molecule has 0 radical (unpaired) electrons. The molecular weight excluding hydrogens is 376 g/mol. The van der Waals surface area contributed by atoms with Gasteiger partial charge in [0.2, 0.25) is 0 Å². The molecule has 0 aliphatic carbocycles. The van der Waals surface area contributed by atoms with Gasteiger partial charge in [-0.2, -0.15) is 0 Å². The lowest BCUT2D eigenvalue weighted by molar-refractivity contribution is -0.123. The van der Waals surface area contributed by atoms with Crippen LogP contribution >= 0.6 is 0 Å². The van der Waals surface area contributed by atoms with E-state index in [0.29, 0.717) is 6.29 Å². The van der Waals surface area contributed by atoms with E-state index < -0.39 is 29.6 Å². The van der Waals surface area contributed by atoms with Crippen molar-refractivity contribution in [1.82, 2.24) is 0 Å². The molecule has 7 nitrogen and oxygen atoms in total. The van der Waals surface area contributed by atoms with E-state index in [4.69, 9.17) is 14.2 Å². The largest absolute Gasteiger partial charge is 0.493 e. The van der Waals surface area contributed by atoms with Gasteiger partial charge in [0.25, 0.3) is 5.91 Å². The van der Waals surface area contributed by atoms with E-state index in [1.54, 1.807) is 0 Å². The number of rotatable bonds is 7. The molecule has 9 heteroatoms. The molecule has 2 rings (SSSR count). The summed E-state index contributed by atoms with van der Waals surface area (Å²) in [7, 11) is 2.63. The first-order chi connectivity index (χ1) is 13.3. The lowest BCUT2D eigenvalue weighted by atomic mass is 10.1. The van der Waals surface area contributed by atoms with Crippen LogP contribution in [0.3, 0.4) is 0 Å². The highest BCUT2D eigenvalue weighted by Crippen LogP contribution is 2.33. The Bertz CT molecular complexity index is 916. The Morgan fingerprint density at radius 1 is 1.07 bits per heavy atom. The maximum Gasteiger partial charge on any atom is 0.343 e. The van der Waals surface area contributed by atoms with Gasteiger partial charge in [-0.15, -0.1) is 0 Å². The fourth-order valence-corrected chi connectivity index (χ4v) is 2.34. The molecule has 0 fully saturated rings. The molecule has 0 aliphatic heterocycles. The van der Waals surface area contributed by atoms with Crippen LogP contribution in [0.25, 0.3) is 0 Å². The first-order valence-electron chi connectivity index (χ1n) is 7.99. The van der Waals surface area contributed by atoms with Crippen molar-refractivity contribution in [3.05, 3.63) is 53.1 Å². The Hall–Kier alpha value is -3.49. The maximum atomic E-state index is 13.2. The molecule has 1 N–H and O–H groups in total. The van der Waals surface area contributed by atoms with Crippen LogP contribution in [0.2, 0.25) is 0 Å². The molecule has 1 amide bonds. The number of carbonyl (C=O) groups excluding carboxylic acids is 3. The molecule has 1 atom stereocenters. The molecular formula is C19H17F2NO6. The lowest BCUT2D eigenvalue weighted by Crippen LogP contribution is -2.30. The third-order valence-electron chi connectivity index (χ3n) is 3.75. The lowest BCUT2D eigenvalue weighted by Gasteiger charge is -2.17. The number of hydrogen-bond donors (Lipinski definition) is 1. The molecule has 148 valence electrons. The summed E-state index contributed by atoms with van der Waals surface area (Å²) < 4.78 is 41.5. The summed E-state index contributed by atoms with van der Waals surface area (Å²) in [4.78, 5) is 36.0. The number of aldehydes is 1. The number of hydrogen-bond acceptors (Lipinski definition) is 6. The highest BCUT2D eigenvalue weighted by Gasteiger charge is 2.26. The Morgan fingerprint density at radius 2 is 1.79 bits per heavy atom. The van der Waals surface area contributed by atoms with Gasteiger partial charge < -0.3 is 19.5 Å². The van der Waals surface area contributed by atoms with Crippen LogP contribution < -0.4 is 14.8 Å². The van der Waals surface area contributed by atoms with Crippen LogP contribution in [-0.2, 0) is 9.53 Å². The van der Waals surface area contributed by atoms with Crippen molar-refractivity contribution < 1.29 is 37.4 Å². The number of methoxy groups -OCH3 is 2. The molecule has 0 spiro atoms. The Balaban J connectivity index is 2.20. The van der Waals surface area contributed by atoms with Gasteiger partial charge in [0, 0.05) is 17.3 Å². The van der Waals surface area contributed by atoms with Crippen molar-refractivity contribution in [3.63, 3.8) is 0 Å². The molecule has 0 heterocycles. The number of ether oxygens (including phenoxy) is 3. The van der Waals surface area contributed by atoms with Crippen LogP contribution in [0.1, 0.15) is 27.6 Å². The molecule has 0 saturated heterocycles. The van der Waals surface area contributed by atoms with E-state index in [0.717, 1.165) is 18.2 Å². The second-order valence-electron chi connectivity index (χ2n) is 5.55. The number of anilines is 1. The van der Waals surface area contributed by atoms with Crippen LogP contribution in [0, 0.1) is 11.6 Å². The number of halogens is 2. The zero-order valence-electron chi connectivity index (χ0n) is 15.2. The summed E-state index contributed by atoms with van der Waals surface area (Å²) in [5, 5.41) is 2.30. The number of nitrogens with one attached hydrogen (secondary N) is 1. The fourth-order valence-electron chi connectivity index (χ4n) is 2.34. The monoisotopic (exact) mass is 393 g/mol. The van der Waals surface area contributed by atoms with Gasteiger partial charge in [-0.1, -0.05) is 0 Å². The predicted octanol–water partition coefficient (Wildman–Crippen LogP) is 2.98. The third-order valence-corrected chi connectivity index (χ3v) is 3.75. The highest BCUT2D eigenvalue weighted by molar-refractivity contribution is 6.03. The van der Waals surface area contributed by atoms with Crippen molar-refractivity contribution in [3.8, 4) is 11.5 Å². The number of carbonyl (C=O) groups is 3. The van der Waals surface area contributed by atoms with Gasteiger partial charge in [-0.25, -0.2) is 13.6 Å². The van der Waals surface area contributed by atoms with Crippen LogP contribution in [0.5, 0.6) is 11.5 Å². The van der Waals surface area contributed by atoms with E-state index in [1.807, 2.05) is 0 Å². The van der Waals surface area contributed by atoms with E-state index in [1.165, 1.54) is 33.3 Å². The van der Waals surface area contributed by atoms with Gasteiger partial charge in [0.05, 0.1) is 14.2 Å². The average Bonchev–Trinajstić information content (AvgIpc) is 2.69. The van der Waals surface area contributed by atoms with Crippen molar-refractivity contribution in [2.45, 2.75) is 13.0 Å². The molecule has 0 saturated carbocycles. The first-order valence-corrected chi connectivity index (χ1v) is 7.99. The molecule has 0 aliphatic rings. The van der Waals surface area contributed by atoms with E-state index in [2.05, 4.69) is 5.32 Å². The quantitative estimate of drug-likeness (QED) is 0.575. The number of amides is 1. The predicted molar refractivity (Wildman–Crippen MR) is 94.8 cm³/mol. The molecule has 0 unspecified atom stereocenters. The average molecular weight is 393 g/mol. The SMILES string of the molecule is COc1ccc(C=O)c(C(=O)O[C@@H](C)C(=O)Nc2ccc(F)c(F)c2)c1OC. The third kappa shape index (κ3) is 4.43. The molecule has 0 aromatic heterocycles. The summed E-state index contributed by atoms with van der Waals surface area (Å²) in [5.74, 6) is -3.81. The topological polar surface area (TPSA) is 90.9 Å². The fraction of sp³-hybridized carbons (Fsp3) is 0.211. The van der Waals surface area contributed by atoms with Gasteiger partial charge in [-0.3, -0.25) is 9.59 Å². The summed E-state index contributed by atoms with van der Waals surface area (Å²) in [5.41, 5.74) is -0.237. The summed E-state index contributed by atoms with van der Waals surface area (Å²) in [6, 6.07) is 5.58. The van der Waals surface area contributed by atoms with E-state index in [9.17, 15) is 23.2 Å². The summed E-state index contributed by atoms with van der Waals surface area (Å²) in [6.07, 6.45) is -0.874. The summed E-state index contributed by atoms with van der Waals surface area (Å²) >= 11 is 0. The minimum absolute atomic E-state index is 0.0145. The Kier molecular flexibility index (Phi) is 6.64. The van der Waals surface area contributed by atoms with E-state index >= 15 is 0 Å². The summed E-state index contributed by atoms with van der Waals surface area (Å²) in [6.45, 7) is 1.28. The maximum absolute atomic E-state index is 13.2. The Morgan fingerprint density at radius 3 is 2.36 bits per heavy atom. The molecule has 2 aromatic rings. The van der Waals surface area contributed by atoms with Crippen LogP contribution in [0.15, 0.2) is 30.3 Å². The molecule has 2 aromatic carbocycles. The first kappa shape index (κ1) is 20.8. The van der Waals surface area contributed by atoms with Crippen molar-refractivity contribution in [2.24, 2.45) is 0 Å². The van der Waals surface area contributed by atoms with Crippen molar-refractivity contribution in [2.75, 3.05) is 19.5 Å². The number of benzene rings is 2. The minimum atomic E-state index is -1.31. The van der Waals surface area contributed by atoms with Gasteiger partial charge in [-0.05, 0) is 31.2 Å². The smallest absolute Gasteiger partial charge is 0.343 e. The second-order valence-corrected chi connectivity index (χ2v) is 5.55. The number of esters is 1. The standard InChI is InChI=1S/C19H17F2NO6/c1-10(18(24)22-12-5-6-13(20)14(21)8-12)28-19(25)16-11(9-23)4-7-15(26-2)17(16)27-3/h4-10H,1-3H3,(H,22,24)/t10-/m0/s1. The molecule has 28 heavy (non-hydrogen) atoms. The van der Waals surface area contributed by atoms with Gasteiger partial charge in [0.15, 0.2) is 35.5 Å². The van der Waals surface area contributed by atoms with Crippen molar-refractivity contribution >= 4 is 23.9 Å². The van der Waals surface area contributed by atoms with Crippen molar-refractivity contribution in [1.29, 1.82) is 0 Å². The van der Waals surface area contributed by atoms with Gasteiger partial charge >= 0.3 is 5.97 Å². The second kappa shape index (κ2) is 8.94. The van der Waals surface area contributed by atoms with E-state index in [-0.39, 0.29) is 28.3 Å². The zero-order chi connectivity index (χ0) is 20.8. The minimum Gasteiger partial charge on any atom is -0.493 e. The normalized spacial score (nSPS) is 11.3. The van der Waals surface area contributed by atoms with Crippen LogP contribution in [-0.4, -0.2) is 38.5 Å². The molecule has 0 bridgehead atoms.